The molecule has 2 amide bonds. The smallest absolute Gasteiger partial charge is 0.246 e. The molecule has 0 radical (unpaired) electrons. The van der Waals surface area contributed by atoms with Gasteiger partial charge < -0.3 is 4.90 Å². The number of guanidine groups is 2. The lowest BCUT2D eigenvalue weighted by Crippen LogP contribution is -2.40. The van der Waals surface area contributed by atoms with Gasteiger partial charge in [0.15, 0.2) is 0 Å². The van der Waals surface area contributed by atoms with Gasteiger partial charge in [0, 0.05) is 12.0 Å². The summed E-state index contributed by atoms with van der Waals surface area (Å²) in [5.74, 6) is -0.0541. The van der Waals surface area contributed by atoms with Crippen LogP contribution in [-0.4, -0.2) is 41.2 Å². The molecular weight excluding hydrogens is 401 g/mol. The molecule has 0 saturated carbocycles. The molecule has 0 aromatic heterocycles. The van der Waals surface area contributed by atoms with Crippen molar-refractivity contribution in [3.05, 3.63) is 28.2 Å². The number of nitrogens with zero attached hydrogens (tertiary/aromatic N) is 3. The van der Waals surface area contributed by atoms with Gasteiger partial charge in [-0.3, -0.25) is 20.2 Å². The summed E-state index contributed by atoms with van der Waals surface area (Å²) in [5, 5.41) is 6.24. The third-order valence-electron chi connectivity index (χ3n) is 4.40. The molecule has 0 spiro atoms. The van der Waals surface area contributed by atoms with E-state index in [1.165, 1.54) is 0 Å². The molecule has 9 heteroatoms. The van der Waals surface area contributed by atoms with Crippen molar-refractivity contribution in [3.8, 4) is 0 Å². The van der Waals surface area contributed by atoms with Crippen LogP contribution in [0.15, 0.2) is 28.2 Å². The molecule has 0 atom stereocenters. The Balaban J connectivity index is 2.41. The molecule has 152 valence electrons. The van der Waals surface area contributed by atoms with E-state index in [1.807, 2.05) is 27.7 Å². The summed E-state index contributed by atoms with van der Waals surface area (Å²) >= 11 is 12.0. The van der Waals surface area contributed by atoms with E-state index in [2.05, 4.69) is 20.6 Å². The molecule has 1 saturated heterocycles. The number of hydrogen-bond donors (Lipinski definition) is 2. The Kier molecular flexibility index (Phi) is 7.83. The van der Waals surface area contributed by atoms with Crippen LogP contribution in [-0.2, 0) is 9.59 Å². The van der Waals surface area contributed by atoms with E-state index in [1.54, 1.807) is 23.1 Å². The largest absolute Gasteiger partial charge is 0.331 e. The highest BCUT2D eigenvalue weighted by Crippen LogP contribution is 2.26. The highest BCUT2D eigenvalue weighted by molar-refractivity contribution is 6.42. The summed E-state index contributed by atoms with van der Waals surface area (Å²) in [6.45, 7) is 8.01. The SMILES string of the molecule is CCC(CC)C(=O)NC(=Nc1ccc(Cl)c(Cl)c1)/N=C1/NC(=O)CN1C(C)C. The lowest BCUT2D eigenvalue weighted by Gasteiger charge is -2.21. The molecule has 1 fully saturated rings. The van der Waals surface area contributed by atoms with Crippen molar-refractivity contribution in [1.82, 2.24) is 15.5 Å². The second-order valence-corrected chi connectivity index (χ2v) is 7.56. The number of amides is 2. The van der Waals surface area contributed by atoms with Gasteiger partial charge >= 0.3 is 0 Å². The Morgan fingerprint density at radius 3 is 2.50 bits per heavy atom. The van der Waals surface area contributed by atoms with Crippen LogP contribution in [0.2, 0.25) is 10.0 Å². The first-order chi connectivity index (χ1) is 13.2. The zero-order chi connectivity index (χ0) is 20.8. The van der Waals surface area contributed by atoms with E-state index in [-0.39, 0.29) is 36.3 Å². The van der Waals surface area contributed by atoms with E-state index >= 15 is 0 Å². The molecule has 1 heterocycles. The number of carbonyl (C=O) groups excluding carboxylic acids is 2. The number of aliphatic imine (C=N–C) groups is 2. The maximum absolute atomic E-state index is 12.6. The van der Waals surface area contributed by atoms with Crippen molar-refractivity contribution in [2.45, 2.75) is 46.6 Å². The molecule has 1 aromatic carbocycles. The number of halogens is 2. The van der Waals surface area contributed by atoms with Crippen LogP contribution in [0.3, 0.4) is 0 Å². The number of carbonyl (C=O) groups is 2. The zero-order valence-electron chi connectivity index (χ0n) is 16.4. The van der Waals surface area contributed by atoms with Crippen molar-refractivity contribution in [1.29, 1.82) is 0 Å². The fraction of sp³-hybridized carbons (Fsp3) is 0.474. The topological polar surface area (TPSA) is 86.2 Å². The van der Waals surface area contributed by atoms with Crippen LogP contribution in [0.25, 0.3) is 0 Å². The Labute approximate surface area is 175 Å². The Hall–Kier alpha value is -2.12. The summed E-state index contributed by atoms with van der Waals surface area (Å²) in [6.07, 6.45) is 1.40. The fourth-order valence-corrected chi connectivity index (χ4v) is 3.01. The van der Waals surface area contributed by atoms with Gasteiger partial charge in [0.25, 0.3) is 0 Å². The van der Waals surface area contributed by atoms with E-state index in [9.17, 15) is 9.59 Å². The lowest BCUT2D eigenvalue weighted by molar-refractivity contribution is -0.123. The highest BCUT2D eigenvalue weighted by atomic mass is 35.5. The van der Waals surface area contributed by atoms with Crippen LogP contribution < -0.4 is 10.6 Å². The molecule has 0 unspecified atom stereocenters. The minimum absolute atomic E-state index is 0.0543. The predicted octanol–water partition coefficient (Wildman–Crippen LogP) is 3.73. The monoisotopic (exact) mass is 425 g/mol. The molecule has 7 nitrogen and oxygen atoms in total. The summed E-state index contributed by atoms with van der Waals surface area (Å²) < 4.78 is 0. The van der Waals surface area contributed by atoms with Crippen molar-refractivity contribution < 1.29 is 9.59 Å². The standard InChI is InChI=1S/C19H25Cl2N5O2/c1-5-12(6-2)17(28)24-18(22-13-7-8-14(20)15(21)9-13)25-19-23-16(27)10-26(19)11(3)4/h7-9,11-12H,5-6,10H2,1-4H3,(H2,22,23,24,25,27,28). The first-order valence-electron chi connectivity index (χ1n) is 9.24. The molecule has 2 N–H and O–H groups in total. The third-order valence-corrected chi connectivity index (χ3v) is 5.14. The second kappa shape index (κ2) is 9.89. The molecule has 1 aliphatic rings. The van der Waals surface area contributed by atoms with Crippen LogP contribution in [0.4, 0.5) is 5.69 Å². The van der Waals surface area contributed by atoms with Gasteiger partial charge in [-0.2, -0.15) is 4.99 Å². The summed E-state index contributed by atoms with van der Waals surface area (Å²) in [7, 11) is 0. The number of hydrogen-bond acceptors (Lipinski definition) is 3. The molecule has 1 aromatic rings. The van der Waals surface area contributed by atoms with Crippen LogP contribution >= 0.6 is 23.2 Å². The Bertz CT molecular complexity index is 804. The van der Waals surface area contributed by atoms with E-state index in [4.69, 9.17) is 23.2 Å². The van der Waals surface area contributed by atoms with Gasteiger partial charge in [-0.25, -0.2) is 4.99 Å². The quantitative estimate of drug-likeness (QED) is 0.556. The van der Waals surface area contributed by atoms with Gasteiger partial charge in [-0.05, 0) is 44.9 Å². The van der Waals surface area contributed by atoms with Crippen molar-refractivity contribution in [2.24, 2.45) is 15.9 Å². The van der Waals surface area contributed by atoms with Gasteiger partial charge in [0.1, 0.15) is 6.54 Å². The van der Waals surface area contributed by atoms with Gasteiger partial charge in [0.2, 0.25) is 23.7 Å². The highest BCUT2D eigenvalue weighted by Gasteiger charge is 2.28. The van der Waals surface area contributed by atoms with Crippen LogP contribution in [0.5, 0.6) is 0 Å². The Morgan fingerprint density at radius 1 is 1.25 bits per heavy atom. The average molecular weight is 426 g/mol. The first-order valence-corrected chi connectivity index (χ1v) is 10.0. The fourth-order valence-electron chi connectivity index (χ4n) is 2.71. The van der Waals surface area contributed by atoms with Crippen molar-refractivity contribution in [3.63, 3.8) is 0 Å². The van der Waals surface area contributed by atoms with Gasteiger partial charge in [-0.15, -0.1) is 0 Å². The number of benzene rings is 1. The average Bonchev–Trinajstić information content (AvgIpc) is 2.99. The molecular formula is C19H25Cl2N5O2. The molecule has 0 bridgehead atoms. The number of nitrogens with one attached hydrogen (secondary N) is 2. The Morgan fingerprint density at radius 2 is 1.93 bits per heavy atom. The lowest BCUT2D eigenvalue weighted by atomic mass is 10.0. The van der Waals surface area contributed by atoms with Crippen LogP contribution in [0, 0.1) is 5.92 Å². The van der Waals surface area contributed by atoms with Gasteiger partial charge in [0.05, 0.1) is 15.7 Å². The molecule has 28 heavy (non-hydrogen) atoms. The zero-order valence-corrected chi connectivity index (χ0v) is 17.9. The van der Waals surface area contributed by atoms with E-state index in [0.717, 1.165) is 0 Å². The molecule has 0 aliphatic carbocycles. The van der Waals surface area contributed by atoms with Crippen molar-refractivity contribution >= 4 is 52.6 Å². The van der Waals surface area contributed by atoms with Crippen LogP contribution in [0.1, 0.15) is 40.5 Å². The predicted molar refractivity (Wildman–Crippen MR) is 113 cm³/mol. The first kappa shape index (κ1) is 22.2. The van der Waals surface area contributed by atoms with E-state index < -0.39 is 0 Å². The third kappa shape index (κ3) is 5.69. The minimum Gasteiger partial charge on any atom is -0.331 e. The van der Waals surface area contributed by atoms with Crippen molar-refractivity contribution in [2.75, 3.05) is 6.54 Å². The van der Waals surface area contributed by atoms with Gasteiger partial charge in [-0.1, -0.05) is 37.0 Å². The maximum Gasteiger partial charge on any atom is 0.246 e. The maximum atomic E-state index is 12.6. The number of rotatable bonds is 5. The molecule has 2 rings (SSSR count). The minimum atomic E-state index is -0.173. The second-order valence-electron chi connectivity index (χ2n) is 6.74. The van der Waals surface area contributed by atoms with E-state index in [0.29, 0.717) is 34.5 Å². The summed E-state index contributed by atoms with van der Waals surface area (Å²) in [4.78, 5) is 35.0. The molecule has 1 aliphatic heterocycles. The summed E-state index contributed by atoms with van der Waals surface area (Å²) in [6, 6.07) is 4.93. The normalized spacial score (nSPS) is 16.3. The summed E-state index contributed by atoms with van der Waals surface area (Å²) in [5.41, 5.74) is 0.485.